The molecule has 0 radical (unpaired) electrons. The highest BCUT2D eigenvalue weighted by Crippen LogP contribution is 2.28. The van der Waals surface area contributed by atoms with Gasteiger partial charge in [0.15, 0.2) is 5.03 Å². The van der Waals surface area contributed by atoms with Gasteiger partial charge in [0.1, 0.15) is 0 Å². The van der Waals surface area contributed by atoms with Gasteiger partial charge in [0, 0.05) is 32.4 Å². The van der Waals surface area contributed by atoms with Gasteiger partial charge in [-0.25, -0.2) is 13.4 Å². The Kier molecular flexibility index (Phi) is 3.24. The molecule has 1 saturated heterocycles. The number of aromatic nitrogens is 2. The molecule has 6 nitrogen and oxygen atoms in total. The zero-order chi connectivity index (χ0) is 12.6. The Balaban J connectivity index is 2.33. The van der Waals surface area contributed by atoms with Crippen LogP contribution in [0.5, 0.6) is 0 Å². The molecule has 2 N–H and O–H groups in total. The summed E-state index contributed by atoms with van der Waals surface area (Å²) in [7, 11) is -1.74. The molecule has 1 fully saturated rings. The summed E-state index contributed by atoms with van der Waals surface area (Å²) in [6, 6.07) is -0.109. The molecular formula is C10H18N4O2S. The third kappa shape index (κ3) is 2.10. The van der Waals surface area contributed by atoms with Crippen molar-refractivity contribution < 1.29 is 8.42 Å². The summed E-state index contributed by atoms with van der Waals surface area (Å²) in [5.41, 5.74) is 5.66. The van der Waals surface area contributed by atoms with Gasteiger partial charge in [-0.15, -0.1) is 0 Å². The van der Waals surface area contributed by atoms with Gasteiger partial charge in [0.2, 0.25) is 0 Å². The second kappa shape index (κ2) is 4.40. The first-order chi connectivity index (χ1) is 7.96. The van der Waals surface area contributed by atoms with Crippen molar-refractivity contribution >= 4 is 10.0 Å². The molecule has 1 aromatic rings. The minimum absolute atomic E-state index is 0.104. The third-order valence-corrected chi connectivity index (χ3v) is 5.14. The molecule has 2 unspecified atom stereocenters. The number of hydrogen-bond acceptors (Lipinski definition) is 4. The van der Waals surface area contributed by atoms with Crippen LogP contribution >= 0.6 is 0 Å². The molecule has 0 saturated carbocycles. The fourth-order valence-electron chi connectivity index (χ4n) is 2.26. The number of aryl methyl sites for hydroxylation is 1. The molecule has 7 heteroatoms. The molecule has 0 aromatic carbocycles. The maximum atomic E-state index is 12.4. The molecule has 96 valence electrons. The van der Waals surface area contributed by atoms with Crippen LogP contribution in [0.3, 0.4) is 0 Å². The largest absolute Gasteiger partial charge is 0.339 e. The number of nitrogens with two attached hydrogens (primary N) is 1. The molecule has 1 aromatic heterocycles. The van der Waals surface area contributed by atoms with Gasteiger partial charge in [0.05, 0.1) is 6.33 Å². The summed E-state index contributed by atoms with van der Waals surface area (Å²) in [5, 5.41) is 0.104. The van der Waals surface area contributed by atoms with Gasteiger partial charge < -0.3 is 10.3 Å². The highest BCUT2D eigenvalue weighted by atomic mass is 32.2. The minimum atomic E-state index is -3.49. The first kappa shape index (κ1) is 12.5. The fourth-order valence-corrected chi connectivity index (χ4v) is 3.98. The Bertz CT molecular complexity index is 496. The van der Waals surface area contributed by atoms with Crippen molar-refractivity contribution in [3.8, 4) is 0 Å². The van der Waals surface area contributed by atoms with Crippen LogP contribution in [0.4, 0.5) is 0 Å². The quantitative estimate of drug-likeness (QED) is 0.812. The maximum absolute atomic E-state index is 12.4. The van der Waals surface area contributed by atoms with Crippen molar-refractivity contribution in [1.82, 2.24) is 13.9 Å². The van der Waals surface area contributed by atoms with Crippen molar-refractivity contribution in [2.45, 2.75) is 24.4 Å². The van der Waals surface area contributed by atoms with Crippen LogP contribution in [0.1, 0.15) is 13.3 Å². The zero-order valence-corrected chi connectivity index (χ0v) is 10.9. The Morgan fingerprint density at radius 3 is 2.82 bits per heavy atom. The number of nitrogens with zero attached hydrogens (tertiary/aromatic N) is 3. The van der Waals surface area contributed by atoms with Crippen LogP contribution < -0.4 is 5.73 Å². The average molecular weight is 258 g/mol. The van der Waals surface area contributed by atoms with Gasteiger partial charge in [-0.05, 0) is 12.3 Å². The van der Waals surface area contributed by atoms with Gasteiger partial charge >= 0.3 is 0 Å². The SMILES string of the molecule is CC1CCN(S(=O)(=O)c2cn(C)cn2)C1CN. The van der Waals surface area contributed by atoms with E-state index >= 15 is 0 Å². The number of rotatable bonds is 3. The van der Waals surface area contributed by atoms with Crippen molar-refractivity contribution in [3.05, 3.63) is 12.5 Å². The Hall–Kier alpha value is -0.920. The Morgan fingerprint density at radius 1 is 1.59 bits per heavy atom. The molecule has 1 aliphatic rings. The number of sulfonamides is 1. The zero-order valence-electron chi connectivity index (χ0n) is 10.1. The first-order valence-corrected chi connectivity index (χ1v) is 7.10. The van der Waals surface area contributed by atoms with Crippen LogP contribution in [0.2, 0.25) is 0 Å². The Morgan fingerprint density at radius 2 is 2.29 bits per heavy atom. The van der Waals surface area contributed by atoms with Crippen LogP contribution in [0.15, 0.2) is 17.6 Å². The van der Waals surface area contributed by atoms with E-state index in [9.17, 15) is 8.42 Å². The Labute approximate surface area is 101 Å². The molecule has 1 aliphatic heterocycles. The molecule has 2 heterocycles. The summed E-state index contributed by atoms with van der Waals surface area (Å²) in [5.74, 6) is 0.304. The van der Waals surface area contributed by atoms with Crippen molar-refractivity contribution in [2.75, 3.05) is 13.1 Å². The van der Waals surface area contributed by atoms with E-state index in [1.165, 1.54) is 16.8 Å². The lowest BCUT2D eigenvalue weighted by Crippen LogP contribution is -2.42. The second-order valence-corrected chi connectivity index (χ2v) is 6.40. The van der Waals surface area contributed by atoms with Gasteiger partial charge in [-0.3, -0.25) is 0 Å². The van der Waals surface area contributed by atoms with E-state index in [1.807, 2.05) is 6.92 Å². The number of hydrogen-bond donors (Lipinski definition) is 1. The monoisotopic (exact) mass is 258 g/mol. The van der Waals surface area contributed by atoms with E-state index in [2.05, 4.69) is 4.98 Å². The van der Waals surface area contributed by atoms with E-state index < -0.39 is 10.0 Å². The van der Waals surface area contributed by atoms with E-state index in [0.29, 0.717) is 19.0 Å². The lowest BCUT2D eigenvalue weighted by Gasteiger charge is -2.23. The molecule has 2 atom stereocenters. The standard InChI is InChI=1S/C10H18N4O2S/c1-8-3-4-14(9(8)5-11)17(15,16)10-6-13(2)7-12-10/h6-9H,3-5,11H2,1-2H3. The third-order valence-electron chi connectivity index (χ3n) is 3.33. The van der Waals surface area contributed by atoms with Crippen LogP contribution in [0.25, 0.3) is 0 Å². The predicted octanol–water partition coefficient (Wildman–Crippen LogP) is -0.222. The van der Waals surface area contributed by atoms with Crippen LogP contribution in [-0.2, 0) is 17.1 Å². The van der Waals surface area contributed by atoms with Crippen molar-refractivity contribution in [3.63, 3.8) is 0 Å². The number of imidazole rings is 1. The summed E-state index contributed by atoms with van der Waals surface area (Å²) < 4.78 is 27.8. The highest BCUT2D eigenvalue weighted by Gasteiger charge is 2.39. The van der Waals surface area contributed by atoms with Gasteiger partial charge in [-0.1, -0.05) is 6.92 Å². The molecular weight excluding hydrogens is 240 g/mol. The van der Waals surface area contributed by atoms with E-state index in [0.717, 1.165) is 6.42 Å². The fraction of sp³-hybridized carbons (Fsp3) is 0.700. The molecule has 17 heavy (non-hydrogen) atoms. The summed E-state index contributed by atoms with van der Waals surface area (Å²) in [6.45, 7) is 2.92. The summed E-state index contributed by atoms with van der Waals surface area (Å²) >= 11 is 0. The topological polar surface area (TPSA) is 81.2 Å². The summed E-state index contributed by atoms with van der Waals surface area (Å²) in [4.78, 5) is 3.92. The lowest BCUT2D eigenvalue weighted by molar-refractivity contribution is 0.353. The van der Waals surface area contributed by atoms with E-state index in [-0.39, 0.29) is 11.1 Å². The van der Waals surface area contributed by atoms with Crippen LogP contribution in [0, 0.1) is 5.92 Å². The molecule has 2 rings (SSSR count). The van der Waals surface area contributed by atoms with Gasteiger partial charge in [-0.2, -0.15) is 4.31 Å². The predicted molar refractivity (Wildman–Crippen MR) is 63.7 cm³/mol. The van der Waals surface area contributed by atoms with Crippen LogP contribution in [-0.4, -0.2) is 41.4 Å². The molecule has 0 amide bonds. The average Bonchev–Trinajstić information content (AvgIpc) is 2.84. The van der Waals surface area contributed by atoms with E-state index in [4.69, 9.17) is 5.73 Å². The first-order valence-electron chi connectivity index (χ1n) is 5.66. The molecule has 0 spiro atoms. The van der Waals surface area contributed by atoms with E-state index in [1.54, 1.807) is 11.6 Å². The molecule has 0 bridgehead atoms. The van der Waals surface area contributed by atoms with Crippen molar-refractivity contribution in [2.24, 2.45) is 18.7 Å². The lowest BCUT2D eigenvalue weighted by atomic mass is 10.0. The minimum Gasteiger partial charge on any atom is -0.339 e. The smallest absolute Gasteiger partial charge is 0.262 e. The van der Waals surface area contributed by atoms with Crippen molar-refractivity contribution in [1.29, 1.82) is 0 Å². The summed E-state index contributed by atoms with van der Waals surface area (Å²) in [6.07, 6.45) is 3.86. The normalized spacial score (nSPS) is 26.5. The maximum Gasteiger partial charge on any atom is 0.262 e. The second-order valence-electron chi connectivity index (χ2n) is 4.56. The molecule has 0 aliphatic carbocycles. The highest BCUT2D eigenvalue weighted by molar-refractivity contribution is 7.89. The van der Waals surface area contributed by atoms with Gasteiger partial charge in [0.25, 0.3) is 10.0 Å².